The van der Waals surface area contributed by atoms with Crippen LogP contribution >= 0.6 is 0 Å². The van der Waals surface area contributed by atoms with E-state index in [9.17, 15) is 9.59 Å². The Morgan fingerprint density at radius 2 is 1.87 bits per heavy atom. The lowest BCUT2D eigenvalue weighted by molar-refractivity contribution is -0.124. The summed E-state index contributed by atoms with van der Waals surface area (Å²) >= 11 is 0. The fraction of sp³-hybridized carbons (Fsp3) is 0.467. The number of amides is 2. The molecule has 1 aromatic rings. The fourth-order valence-corrected chi connectivity index (χ4v) is 1.91. The third kappa shape index (κ3) is 5.42. The summed E-state index contributed by atoms with van der Waals surface area (Å²) < 4.78 is 15.5. The highest BCUT2D eigenvalue weighted by molar-refractivity contribution is 5.97. The summed E-state index contributed by atoms with van der Waals surface area (Å²) in [4.78, 5) is 25.1. The number of rotatable bonds is 9. The van der Waals surface area contributed by atoms with Gasteiger partial charge in [-0.1, -0.05) is 0 Å². The summed E-state index contributed by atoms with van der Waals surface area (Å²) in [5.41, 5.74) is 5.83. The van der Waals surface area contributed by atoms with Crippen molar-refractivity contribution in [3.05, 3.63) is 18.2 Å². The first kappa shape index (κ1) is 18.7. The second-order valence-corrected chi connectivity index (χ2v) is 4.56. The second kappa shape index (κ2) is 9.65. The lowest BCUT2D eigenvalue weighted by Gasteiger charge is -2.23. The van der Waals surface area contributed by atoms with Gasteiger partial charge in [0.05, 0.1) is 33.9 Å². The van der Waals surface area contributed by atoms with E-state index in [2.05, 4.69) is 5.32 Å². The minimum Gasteiger partial charge on any atom is -0.493 e. The Labute approximate surface area is 135 Å². The maximum atomic E-state index is 12.4. The number of hydrogen-bond donors (Lipinski definition) is 2. The van der Waals surface area contributed by atoms with E-state index in [1.54, 1.807) is 25.3 Å². The average Bonchev–Trinajstić information content (AvgIpc) is 2.59. The van der Waals surface area contributed by atoms with E-state index < -0.39 is 5.91 Å². The van der Waals surface area contributed by atoms with Gasteiger partial charge < -0.3 is 30.2 Å². The van der Waals surface area contributed by atoms with Crippen molar-refractivity contribution in [3.8, 4) is 11.5 Å². The van der Waals surface area contributed by atoms with E-state index in [0.29, 0.717) is 30.3 Å². The van der Waals surface area contributed by atoms with Crippen LogP contribution in [-0.4, -0.2) is 59.4 Å². The predicted molar refractivity (Wildman–Crippen MR) is 85.8 cm³/mol. The Balaban J connectivity index is 2.96. The Hall–Kier alpha value is -2.32. The van der Waals surface area contributed by atoms with Crippen LogP contribution in [0.5, 0.6) is 11.5 Å². The van der Waals surface area contributed by atoms with Crippen LogP contribution in [0.2, 0.25) is 0 Å². The van der Waals surface area contributed by atoms with E-state index in [4.69, 9.17) is 19.9 Å². The molecule has 0 radical (unpaired) electrons. The quantitative estimate of drug-likeness (QED) is 0.649. The molecule has 128 valence electrons. The molecule has 0 aliphatic rings. The summed E-state index contributed by atoms with van der Waals surface area (Å²) in [6.45, 7) is 0.379. The van der Waals surface area contributed by atoms with Crippen molar-refractivity contribution in [1.29, 1.82) is 0 Å². The van der Waals surface area contributed by atoms with Gasteiger partial charge in [-0.2, -0.15) is 0 Å². The molecule has 0 atom stereocenters. The van der Waals surface area contributed by atoms with Gasteiger partial charge in [-0.15, -0.1) is 0 Å². The third-order valence-corrected chi connectivity index (χ3v) is 3.12. The van der Waals surface area contributed by atoms with E-state index >= 15 is 0 Å². The van der Waals surface area contributed by atoms with Gasteiger partial charge in [0, 0.05) is 25.4 Å². The molecule has 23 heavy (non-hydrogen) atoms. The number of methoxy groups -OCH3 is 3. The number of nitrogens with one attached hydrogen (secondary N) is 1. The van der Waals surface area contributed by atoms with Gasteiger partial charge in [0.1, 0.15) is 0 Å². The van der Waals surface area contributed by atoms with E-state index in [0.717, 1.165) is 0 Å². The van der Waals surface area contributed by atoms with E-state index in [-0.39, 0.29) is 19.0 Å². The fourth-order valence-electron chi connectivity index (χ4n) is 1.91. The number of nitrogens with two attached hydrogens (primary N) is 1. The highest BCUT2D eigenvalue weighted by Crippen LogP contribution is 2.31. The molecular weight excluding hydrogens is 302 g/mol. The van der Waals surface area contributed by atoms with Crippen LogP contribution in [0.3, 0.4) is 0 Å². The minimum absolute atomic E-state index is 0.145. The van der Waals surface area contributed by atoms with E-state index in [1.807, 2.05) is 0 Å². The van der Waals surface area contributed by atoms with Crippen LogP contribution in [0, 0.1) is 0 Å². The van der Waals surface area contributed by atoms with Gasteiger partial charge in [-0.25, -0.2) is 0 Å². The predicted octanol–water partition coefficient (Wildman–Crippen LogP) is -0.242. The number of anilines is 1. The number of carbonyl (C=O) groups is 2. The van der Waals surface area contributed by atoms with Crippen LogP contribution in [0.15, 0.2) is 18.2 Å². The average molecular weight is 325 g/mol. The molecule has 3 N–H and O–H groups in total. The summed E-state index contributed by atoms with van der Waals surface area (Å²) in [6.07, 6.45) is 0. The molecule has 1 aromatic carbocycles. The van der Waals surface area contributed by atoms with Crippen LogP contribution < -0.4 is 25.4 Å². The van der Waals surface area contributed by atoms with Crippen molar-refractivity contribution < 1.29 is 23.8 Å². The smallest absolute Gasteiger partial charge is 0.246 e. The maximum Gasteiger partial charge on any atom is 0.246 e. The monoisotopic (exact) mass is 325 g/mol. The summed E-state index contributed by atoms with van der Waals surface area (Å²) in [7, 11) is 4.60. The largest absolute Gasteiger partial charge is 0.493 e. The topological polar surface area (TPSA) is 103 Å². The van der Waals surface area contributed by atoms with Crippen LogP contribution in [0.1, 0.15) is 0 Å². The van der Waals surface area contributed by atoms with Gasteiger partial charge in [0.15, 0.2) is 11.5 Å². The first-order chi connectivity index (χ1) is 11.1. The Bertz CT molecular complexity index is 536. The number of nitrogens with zero attached hydrogens (tertiary/aromatic N) is 1. The van der Waals surface area contributed by atoms with Crippen molar-refractivity contribution in [1.82, 2.24) is 5.32 Å². The molecule has 0 aliphatic carbocycles. The van der Waals surface area contributed by atoms with Crippen LogP contribution in [0.25, 0.3) is 0 Å². The van der Waals surface area contributed by atoms with Gasteiger partial charge in [0.25, 0.3) is 0 Å². The Kier molecular flexibility index (Phi) is 7.86. The Morgan fingerprint density at radius 1 is 1.17 bits per heavy atom. The van der Waals surface area contributed by atoms with Crippen molar-refractivity contribution in [3.63, 3.8) is 0 Å². The molecule has 0 aliphatic heterocycles. The molecule has 0 saturated heterocycles. The zero-order valence-corrected chi connectivity index (χ0v) is 13.6. The SMILES string of the molecule is COCCN(C(=O)CNC(=O)CN)c1ccc(OC)c(OC)c1. The zero-order valence-electron chi connectivity index (χ0n) is 13.6. The maximum absolute atomic E-state index is 12.4. The summed E-state index contributed by atoms with van der Waals surface area (Å²) in [5, 5.41) is 2.46. The molecule has 1 rings (SSSR count). The molecule has 0 fully saturated rings. The van der Waals surface area contributed by atoms with Gasteiger partial charge in [0.2, 0.25) is 11.8 Å². The van der Waals surface area contributed by atoms with Crippen LogP contribution in [-0.2, 0) is 14.3 Å². The number of hydrogen-bond acceptors (Lipinski definition) is 6. The Morgan fingerprint density at radius 3 is 2.43 bits per heavy atom. The molecule has 2 amide bonds. The summed E-state index contributed by atoms with van der Waals surface area (Å²) in [5.74, 6) is 0.395. The number of ether oxygens (including phenoxy) is 3. The van der Waals surface area contributed by atoms with Crippen molar-refractivity contribution in [2.24, 2.45) is 5.73 Å². The molecular formula is C15H23N3O5. The molecule has 0 unspecified atom stereocenters. The number of benzene rings is 1. The normalized spacial score (nSPS) is 10.1. The van der Waals surface area contributed by atoms with Crippen LogP contribution in [0.4, 0.5) is 5.69 Å². The van der Waals surface area contributed by atoms with Gasteiger partial charge in [-0.05, 0) is 12.1 Å². The van der Waals surface area contributed by atoms with Gasteiger partial charge in [-0.3, -0.25) is 9.59 Å². The molecule has 8 nitrogen and oxygen atoms in total. The standard InChI is InChI=1S/C15H23N3O5/c1-21-7-6-18(15(20)10-17-14(19)9-16)11-4-5-12(22-2)13(8-11)23-3/h4-5,8H,6-7,9-10,16H2,1-3H3,(H,17,19). The lowest BCUT2D eigenvalue weighted by atomic mass is 10.2. The molecule has 0 bridgehead atoms. The highest BCUT2D eigenvalue weighted by Gasteiger charge is 2.18. The third-order valence-electron chi connectivity index (χ3n) is 3.12. The minimum atomic E-state index is -0.391. The molecule has 8 heteroatoms. The van der Waals surface area contributed by atoms with Crippen molar-refractivity contribution in [2.75, 3.05) is 52.5 Å². The lowest BCUT2D eigenvalue weighted by Crippen LogP contribution is -2.43. The highest BCUT2D eigenvalue weighted by atomic mass is 16.5. The molecule has 0 saturated carbocycles. The molecule has 0 heterocycles. The van der Waals surface area contributed by atoms with Crippen molar-refractivity contribution in [2.45, 2.75) is 0 Å². The van der Waals surface area contributed by atoms with E-state index in [1.165, 1.54) is 19.1 Å². The summed E-state index contributed by atoms with van der Waals surface area (Å²) in [6, 6.07) is 5.14. The molecule has 0 spiro atoms. The van der Waals surface area contributed by atoms with Gasteiger partial charge >= 0.3 is 0 Å². The second-order valence-electron chi connectivity index (χ2n) is 4.56. The molecule has 0 aromatic heterocycles. The zero-order chi connectivity index (χ0) is 17.2. The van der Waals surface area contributed by atoms with Crippen molar-refractivity contribution >= 4 is 17.5 Å². The first-order valence-corrected chi connectivity index (χ1v) is 7.05. The number of carbonyl (C=O) groups excluding carboxylic acids is 2. The first-order valence-electron chi connectivity index (χ1n) is 7.05.